The second kappa shape index (κ2) is 6.43. The van der Waals surface area contributed by atoms with Crippen LogP contribution in [0.3, 0.4) is 0 Å². The number of aryl methyl sites for hydroxylation is 2. The van der Waals surface area contributed by atoms with Crippen molar-refractivity contribution in [1.82, 2.24) is 10.3 Å². The average molecular weight is 258 g/mol. The van der Waals surface area contributed by atoms with Crippen molar-refractivity contribution in [3.8, 4) is 0 Å². The van der Waals surface area contributed by atoms with Crippen molar-refractivity contribution in [1.29, 1.82) is 0 Å². The van der Waals surface area contributed by atoms with Crippen LogP contribution in [-0.4, -0.2) is 12.0 Å². The first kappa shape index (κ1) is 13.7. The normalized spacial score (nSPS) is 12.4. The minimum atomic E-state index is -0.140. The van der Waals surface area contributed by atoms with Crippen LogP contribution < -0.4 is 5.32 Å². The van der Waals surface area contributed by atoms with Crippen molar-refractivity contribution < 1.29 is 4.39 Å². The first-order valence-electron chi connectivity index (χ1n) is 6.53. The van der Waals surface area contributed by atoms with Crippen LogP contribution in [0.2, 0.25) is 0 Å². The van der Waals surface area contributed by atoms with Gasteiger partial charge in [0.15, 0.2) is 0 Å². The van der Waals surface area contributed by atoms with Crippen LogP contribution in [0.5, 0.6) is 0 Å². The molecule has 19 heavy (non-hydrogen) atoms. The quantitative estimate of drug-likeness (QED) is 0.888. The monoisotopic (exact) mass is 258 g/mol. The predicted octanol–water partition coefficient (Wildman–Crippen LogP) is 3.42. The molecule has 1 aromatic heterocycles. The SMILES string of the molecule is CNC(CCc1cccnc1)c1ccc(C)c(F)c1. The summed E-state index contributed by atoms with van der Waals surface area (Å²) in [5.41, 5.74) is 2.88. The van der Waals surface area contributed by atoms with E-state index in [1.54, 1.807) is 19.2 Å². The average Bonchev–Trinajstić information content (AvgIpc) is 2.44. The summed E-state index contributed by atoms with van der Waals surface area (Å²) in [5, 5.41) is 3.25. The number of nitrogens with zero attached hydrogens (tertiary/aromatic N) is 1. The van der Waals surface area contributed by atoms with Gasteiger partial charge in [-0.15, -0.1) is 0 Å². The molecule has 1 aromatic carbocycles. The summed E-state index contributed by atoms with van der Waals surface area (Å²) in [5.74, 6) is -0.140. The van der Waals surface area contributed by atoms with E-state index < -0.39 is 0 Å². The van der Waals surface area contributed by atoms with E-state index in [2.05, 4.69) is 16.4 Å². The fourth-order valence-electron chi connectivity index (χ4n) is 2.16. The van der Waals surface area contributed by atoms with Gasteiger partial charge in [0.05, 0.1) is 0 Å². The Morgan fingerprint density at radius 1 is 1.32 bits per heavy atom. The third kappa shape index (κ3) is 3.61. The molecular weight excluding hydrogens is 239 g/mol. The summed E-state index contributed by atoms with van der Waals surface area (Å²) < 4.78 is 13.6. The van der Waals surface area contributed by atoms with Gasteiger partial charge < -0.3 is 5.32 Å². The maximum Gasteiger partial charge on any atom is 0.126 e. The largest absolute Gasteiger partial charge is 0.313 e. The number of hydrogen-bond donors (Lipinski definition) is 1. The highest BCUT2D eigenvalue weighted by molar-refractivity contribution is 5.26. The maximum atomic E-state index is 13.6. The van der Waals surface area contributed by atoms with E-state index in [-0.39, 0.29) is 11.9 Å². The van der Waals surface area contributed by atoms with Crippen molar-refractivity contribution in [2.45, 2.75) is 25.8 Å². The number of pyridine rings is 1. The number of nitrogens with one attached hydrogen (secondary N) is 1. The van der Waals surface area contributed by atoms with Crippen molar-refractivity contribution in [2.24, 2.45) is 0 Å². The minimum Gasteiger partial charge on any atom is -0.313 e. The zero-order valence-corrected chi connectivity index (χ0v) is 11.4. The summed E-state index contributed by atoms with van der Waals surface area (Å²) in [6.45, 7) is 1.78. The lowest BCUT2D eigenvalue weighted by Gasteiger charge is -2.17. The Morgan fingerprint density at radius 2 is 2.16 bits per heavy atom. The maximum absolute atomic E-state index is 13.6. The Bertz CT molecular complexity index is 526. The highest BCUT2D eigenvalue weighted by Gasteiger charge is 2.11. The number of hydrogen-bond acceptors (Lipinski definition) is 2. The first-order valence-corrected chi connectivity index (χ1v) is 6.53. The number of benzene rings is 1. The van der Waals surface area contributed by atoms with E-state index in [0.717, 1.165) is 18.4 Å². The van der Waals surface area contributed by atoms with E-state index in [1.807, 2.05) is 31.4 Å². The van der Waals surface area contributed by atoms with Gasteiger partial charge >= 0.3 is 0 Å². The third-order valence-electron chi connectivity index (χ3n) is 3.39. The van der Waals surface area contributed by atoms with E-state index >= 15 is 0 Å². The molecule has 0 radical (unpaired) electrons. The Morgan fingerprint density at radius 3 is 2.79 bits per heavy atom. The molecule has 100 valence electrons. The molecule has 1 heterocycles. The lowest BCUT2D eigenvalue weighted by Crippen LogP contribution is -2.17. The Labute approximate surface area is 113 Å². The summed E-state index contributed by atoms with van der Waals surface area (Å²) in [7, 11) is 1.91. The molecule has 0 saturated heterocycles. The highest BCUT2D eigenvalue weighted by Crippen LogP contribution is 2.21. The Hall–Kier alpha value is -1.74. The number of halogens is 1. The molecule has 1 atom stereocenters. The van der Waals surface area contributed by atoms with Gasteiger partial charge in [-0.2, -0.15) is 0 Å². The van der Waals surface area contributed by atoms with Crippen LogP contribution in [0.25, 0.3) is 0 Å². The molecule has 0 bridgehead atoms. The fraction of sp³-hybridized carbons (Fsp3) is 0.312. The molecule has 1 N–H and O–H groups in total. The van der Waals surface area contributed by atoms with Crippen LogP contribution in [0.15, 0.2) is 42.7 Å². The summed E-state index contributed by atoms with van der Waals surface area (Å²) in [6.07, 6.45) is 5.50. The molecule has 2 rings (SSSR count). The van der Waals surface area contributed by atoms with E-state index in [0.29, 0.717) is 5.56 Å². The molecule has 0 fully saturated rings. The molecule has 3 heteroatoms. The topological polar surface area (TPSA) is 24.9 Å². The van der Waals surface area contributed by atoms with E-state index in [1.165, 1.54) is 5.56 Å². The summed E-state index contributed by atoms with van der Waals surface area (Å²) in [6, 6.07) is 9.61. The molecule has 0 saturated carbocycles. The van der Waals surface area contributed by atoms with Crippen LogP contribution in [0.1, 0.15) is 29.2 Å². The molecule has 2 nitrogen and oxygen atoms in total. The predicted molar refractivity (Wildman–Crippen MR) is 75.5 cm³/mol. The van der Waals surface area contributed by atoms with Crippen LogP contribution >= 0.6 is 0 Å². The van der Waals surface area contributed by atoms with Crippen molar-refractivity contribution in [2.75, 3.05) is 7.05 Å². The Balaban J connectivity index is 2.05. The van der Waals surface area contributed by atoms with Gasteiger partial charge in [0.1, 0.15) is 5.82 Å². The van der Waals surface area contributed by atoms with E-state index in [9.17, 15) is 4.39 Å². The molecular formula is C16H19FN2. The Kier molecular flexibility index (Phi) is 4.63. The third-order valence-corrected chi connectivity index (χ3v) is 3.39. The number of aromatic nitrogens is 1. The zero-order chi connectivity index (χ0) is 13.7. The number of rotatable bonds is 5. The van der Waals surface area contributed by atoms with Gasteiger partial charge in [-0.1, -0.05) is 18.2 Å². The molecule has 0 aliphatic carbocycles. The van der Waals surface area contributed by atoms with E-state index in [4.69, 9.17) is 0 Å². The summed E-state index contributed by atoms with van der Waals surface area (Å²) in [4.78, 5) is 4.11. The molecule has 2 aromatic rings. The smallest absolute Gasteiger partial charge is 0.126 e. The molecule has 0 amide bonds. The van der Waals surface area contributed by atoms with Gasteiger partial charge in [0.2, 0.25) is 0 Å². The molecule has 0 spiro atoms. The first-order chi connectivity index (χ1) is 9.20. The van der Waals surface area contributed by atoms with Gasteiger partial charge in [0.25, 0.3) is 0 Å². The van der Waals surface area contributed by atoms with Gasteiger partial charge in [-0.3, -0.25) is 4.98 Å². The second-order valence-electron chi connectivity index (χ2n) is 4.75. The minimum absolute atomic E-state index is 0.140. The standard InChI is InChI=1S/C16H19FN2/c1-12-5-7-14(10-15(12)17)16(18-2)8-6-13-4-3-9-19-11-13/h3-5,7,9-11,16,18H,6,8H2,1-2H3. The van der Waals surface area contributed by atoms with Gasteiger partial charge in [0, 0.05) is 18.4 Å². The lowest BCUT2D eigenvalue weighted by molar-refractivity contribution is 0.540. The zero-order valence-electron chi connectivity index (χ0n) is 11.4. The van der Waals surface area contributed by atoms with Gasteiger partial charge in [-0.05, 0) is 55.6 Å². The van der Waals surface area contributed by atoms with Crippen molar-refractivity contribution in [3.05, 3.63) is 65.2 Å². The molecule has 0 aliphatic heterocycles. The van der Waals surface area contributed by atoms with Crippen LogP contribution in [0, 0.1) is 12.7 Å². The highest BCUT2D eigenvalue weighted by atomic mass is 19.1. The lowest BCUT2D eigenvalue weighted by atomic mass is 9.98. The van der Waals surface area contributed by atoms with Crippen LogP contribution in [0.4, 0.5) is 4.39 Å². The van der Waals surface area contributed by atoms with Crippen LogP contribution in [-0.2, 0) is 6.42 Å². The van der Waals surface area contributed by atoms with Crippen molar-refractivity contribution in [3.63, 3.8) is 0 Å². The summed E-state index contributed by atoms with van der Waals surface area (Å²) >= 11 is 0. The fourth-order valence-corrected chi connectivity index (χ4v) is 2.16. The van der Waals surface area contributed by atoms with Gasteiger partial charge in [-0.25, -0.2) is 4.39 Å². The second-order valence-corrected chi connectivity index (χ2v) is 4.75. The molecule has 0 aliphatic rings. The van der Waals surface area contributed by atoms with Crippen molar-refractivity contribution >= 4 is 0 Å². The molecule has 1 unspecified atom stereocenters.